The van der Waals surface area contributed by atoms with E-state index in [0.29, 0.717) is 31.9 Å². The lowest BCUT2D eigenvalue weighted by Gasteiger charge is -2.36. The van der Waals surface area contributed by atoms with Gasteiger partial charge in [0, 0.05) is 51.9 Å². The first-order valence-corrected chi connectivity index (χ1v) is 13.1. The molecule has 1 atom stereocenters. The fourth-order valence-corrected chi connectivity index (χ4v) is 6.35. The molecule has 0 amide bonds. The molecule has 2 saturated heterocycles. The molecule has 4 rings (SSSR count). The molecule has 2 aromatic carbocycles. The Labute approximate surface area is 201 Å². The molecule has 0 saturated carbocycles. The van der Waals surface area contributed by atoms with Crippen LogP contribution in [-0.2, 0) is 16.6 Å². The molecule has 2 fully saturated rings. The van der Waals surface area contributed by atoms with E-state index < -0.39 is 14.9 Å². The van der Waals surface area contributed by atoms with E-state index in [-0.39, 0.29) is 16.5 Å². The number of ether oxygens (including phenoxy) is 1. The van der Waals surface area contributed by atoms with Gasteiger partial charge in [-0.1, -0.05) is 19.1 Å². The van der Waals surface area contributed by atoms with Crippen LogP contribution in [0.3, 0.4) is 0 Å². The number of hydrogen-bond donors (Lipinski definition) is 0. The molecule has 2 heterocycles. The zero-order chi connectivity index (χ0) is 24.3. The first-order chi connectivity index (χ1) is 16.3. The van der Waals surface area contributed by atoms with E-state index in [1.54, 1.807) is 13.2 Å². The van der Waals surface area contributed by atoms with Gasteiger partial charge in [0.25, 0.3) is 5.69 Å². The van der Waals surface area contributed by atoms with Gasteiger partial charge >= 0.3 is 0 Å². The zero-order valence-corrected chi connectivity index (χ0v) is 20.5. The number of hydrogen-bond acceptors (Lipinski definition) is 7. The normalized spacial score (nSPS) is 20.3. The molecule has 10 heteroatoms. The van der Waals surface area contributed by atoms with Crippen LogP contribution >= 0.6 is 0 Å². The average molecular weight is 489 g/mol. The van der Waals surface area contributed by atoms with E-state index in [2.05, 4.69) is 4.90 Å². The van der Waals surface area contributed by atoms with Gasteiger partial charge in [-0.2, -0.15) is 4.31 Å². The summed E-state index contributed by atoms with van der Waals surface area (Å²) in [5, 5.41) is 11.9. The maximum absolute atomic E-state index is 13.1. The molecule has 2 aliphatic rings. The minimum Gasteiger partial charge on any atom is -0.497 e. The first-order valence-electron chi connectivity index (χ1n) is 11.7. The average Bonchev–Trinajstić information content (AvgIpc) is 2.84. The summed E-state index contributed by atoms with van der Waals surface area (Å²) in [6, 6.07) is 12.3. The number of piperazine rings is 1. The lowest BCUT2D eigenvalue weighted by molar-refractivity contribution is -0.384. The summed E-state index contributed by atoms with van der Waals surface area (Å²) in [6.45, 7) is 6.52. The van der Waals surface area contributed by atoms with Gasteiger partial charge in [-0.3, -0.25) is 15.0 Å². The molecule has 184 valence electrons. The zero-order valence-electron chi connectivity index (χ0n) is 19.7. The third-order valence-electron chi connectivity index (χ3n) is 6.68. The van der Waals surface area contributed by atoms with Crippen LogP contribution in [0, 0.1) is 16.0 Å². The van der Waals surface area contributed by atoms with Crippen molar-refractivity contribution in [2.75, 3.05) is 51.3 Å². The monoisotopic (exact) mass is 488 g/mol. The van der Waals surface area contributed by atoms with Gasteiger partial charge in [0.1, 0.15) is 11.4 Å². The molecular weight excluding hydrogens is 456 g/mol. The Morgan fingerprint density at radius 3 is 2.38 bits per heavy atom. The van der Waals surface area contributed by atoms with Crippen molar-refractivity contribution in [2.45, 2.75) is 31.2 Å². The fraction of sp³-hybridized carbons (Fsp3) is 0.500. The third kappa shape index (κ3) is 5.34. The Morgan fingerprint density at radius 1 is 1.06 bits per heavy atom. The summed E-state index contributed by atoms with van der Waals surface area (Å²) in [6.07, 6.45) is 1.80. The number of nitro benzene ring substituents is 1. The van der Waals surface area contributed by atoms with Crippen LogP contribution in [0.1, 0.15) is 25.3 Å². The van der Waals surface area contributed by atoms with E-state index in [0.717, 1.165) is 38.2 Å². The highest BCUT2D eigenvalue weighted by molar-refractivity contribution is 7.89. The van der Waals surface area contributed by atoms with Gasteiger partial charge < -0.3 is 9.64 Å². The van der Waals surface area contributed by atoms with Crippen molar-refractivity contribution in [3.05, 3.63) is 58.1 Å². The van der Waals surface area contributed by atoms with Crippen molar-refractivity contribution in [2.24, 2.45) is 5.92 Å². The van der Waals surface area contributed by atoms with Crippen LogP contribution in [0.4, 0.5) is 11.4 Å². The lowest BCUT2D eigenvalue weighted by atomic mass is 10.0. The van der Waals surface area contributed by atoms with E-state index >= 15 is 0 Å². The number of piperidine rings is 1. The van der Waals surface area contributed by atoms with Crippen molar-refractivity contribution in [1.29, 1.82) is 0 Å². The van der Waals surface area contributed by atoms with Gasteiger partial charge in [-0.05, 0) is 48.6 Å². The molecule has 0 aromatic heterocycles. The number of sulfonamides is 1. The van der Waals surface area contributed by atoms with Gasteiger partial charge in [0.2, 0.25) is 10.0 Å². The maximum atomic E-state index is 13.1. The van der Waals surface area contributed by atoms with Gasteiger partial charge in [-0.25, -0.2) is 8.42 Å². The number of anilines is 1. The van der Waals surface area contributed by atoms with Crippen LogP contribution in [-0.4, -0.2) is 68.9 Å². The van der Waals surface area contributed by atoms with E-state index in [4.69, 9.17) is 4.74 Å². The minimum absolute atomic E-state index is 0.00445. The summed E-state index contributed by atoms with van der Waals surface area (Å²) in [7, 11) is -2.11. The largest absolute Gasteiger partial charge is 0.497 e. The molecule has 0 N–H and O–H groups in total. The molecule has 34 heavy (non-hydrogen) atoms. The van der Waals surface area contributed by atoms with Gasteiger partial charge in [0.15, 0.2) is 0 Å². The number of rotatable bonds is 7. The van der Waals surface area contributed by atoms with Crippen LogP contribution in [0.5, 0.6) is 5.75 Å². The topological polar surface area (TPSA) is 96.2 Å². The number of nitrogens with zero attached hydrogens (tertiary/aromatic N) is 4. The molecule has 0 spiro atoms. The van der Waals surface area contributed by atoms with Gasteiger partial charge in [0.05, 0.1) is 16.9 Å². The highest BCUT2D eigenvalue weighted by atomic mass is 32.2. The van der Waals surface area contributed by atoms with Gasteiger partial charge in [-0.15, -0.1) is 0 Å². The van der Waals surface area contributed by atoms with Crippen molar-refractivity contribution in [3.8, 4) is 5.75 Å². The Morgan fingerprint density at radius 2 is 1.76 bits per heavy atom. The molecular formula is C24H32N4O5S. The second kappa shape index (κ2) is 10.3. The number of nitro groups is 1. The van der Waals surface area contributed by atoms with Crippen molar-refractivity contribution < 1.29 is 18.1 Å². The molecule has 1 unspecified atom stereocenters. The molecule has 9 nitrogen and oxygen atoms in total. The first kappa shape index (κ1) is 24.4. The highest BCUT2D eigenvalue weighted by Crippen LogP contribution is 2.33. The van der Waals surface area contributed by atoms with E-state index in [9.17, 15) is 18.5 Å². The van der Waals surface area contributed by atoms with Crippen LogP contribution in [0.25, 0.3) is 0 Å². The smallest absolute Gasteiger partial charge is 0.293 e. The molecule has 0 radical (unpaired) electrons. The Balaban J connectivity index is 1.46. The van der Waals surface area contributed by atoms with Crippen molar-refractivity contribution in [3.63, 3.8) is 0 Å². The quantitative estimate of drug-likeness (QED) is 0.436. The summed E-state index contributed by atoms with van der Waals surface area (Å²) in [5.41, 5.74) is 1.50. The number of benzene rings is 2. The number of methoxy groups -OCH3 is 1. The Hall–Kier alpha value is -2.69. The van der Waals surface area contributed by atoms with E-state index in [1.807, 2.05) is 36.1 Å². The molecule has 2 aliphatic heterocycles. The van der Waals surface area contributed by atoms with Crippen molar-refractivity contribution >= 4 is 21.4 Å². The highest BCUT2D eigenvalue weighted by Gasteiger charge is 2.32. The second-order valence-electron chi connectivity index (χ2n) is 9.13. The fourth-order valence-electron chi connectivity index (χ4n) is 4.73. The summed E-state index contributed by atoms with van der Waals surface area (Å²) >= 11 is 0. The molecule has 0 bridgehead atoms. The predicted molar refractivity (Wildman–Crippen MR) is 131 cm³/mol. The molecule has 0 aliphatic carbocycles. The predicted octanol–water partition coefficient (Wildman–Crippen LogP) is 3.35. The lowest BCUT2D eigenvalue weighted by Crippen LogP contribution is -2.46. The minimum atomic E-state index is -3.75. The Bertz CT molecular complexity index is 1110. The third-order valence-corrected chi connectivity index (χ3v) is 8.54. The summed E-state index contributed by atoms with van der Waals surface area (Å²) in [5.74, 6) is 1.10. The summed E-state index contributed by atoms with van der Waals surface area (Å²) < 4.78 is 32.9. The second-order valence-corrected chi connectivity index (χ2v) is 11.1. The standard InChI is InChI=1S/C24H32N4O5S/c1-19-4-3-11-27(17-19)34(31,32)22-9-10-23(24(16-22)28(29)30)26-14-12-25(13-15-26)18-20-5-7-21(33-2)8-6-20/h5-10,16,19H,3-4,11-15,17-18H2,1-2H3. The van der Waals surface area contributed by atoms with Crippen LogP contribution < -0.4 is 9.64 Å². The molecule has 2 aromatic rings. The van der Waals surface area contributed by atoms with Crippen molar-refractivity contribution in [1.82, 2.24) is 9.21 Å². The van der Waals surface area contributed by atoms with Crippen LogP contribution in [0.2, 0.25) is 0 Å². The van der Waals surface area contributed by atoms with E-state index in [1.165, 1.54) is 22.0 Å². The Kier molecular flexibility index (Phi) is 7.39. The SMILES string of the molecule is COc1ccc(CN2CCN(c3ccc(S(=O)(=O)N4CCCC(C)C4)cc3[N+](=O)[O-])CC2)cc1. The summed E-state index contributed by atoms with van der Waals surface area (Å²) in [4.78, 5) is 15.7. The van der Waals surface area contributed by atoms with Crippen LogP contribution in [0.15, 0.2) is 47.4 Å². The maximum Gasteiger partial charge on any atom is 0.293 e.